The minimum absolute atomic E-state index is 0.716. The summed E-state index contributed by atoms with van der Waals surface area (Å²) in [5, 5.41) is 7.12. The van der Waals surface area contributed by atoms with Crippen molar-refractivity contribution in [3.8, 4) is 0 Å². The Bertz CT molecular complexity index is 249. The second-order valence-electron chi connectivity index (χ2n) is 4.61. The highest BCUT2D eigenvalue weighted by molar-refractivity contribution is 5.73. The van der Waals surface area contributed by atoms with Crippen molar-refractivity contribution in [1.82, 2.24) is 4.90 Å². The van der Waals surface area contributed by atoms with E-state index < -0.39 is 12.1 Å². The predicted molar refractivity (Wildman–Crippen MR) is 62.2 cm³/mol. The first-order valence-electron chi connectivity index (χ1n) is 5.92. The molecular weight excluding hydrogens is 249 g/mol. The number of hydrogen-bond acceptors (Lipinski definition) is 3. The topological polar surface area (TPSA) is 66.6 Å². The maximum atomic E-state index is 10.6. The second kappa shape index (κ2) is 7.58. The van der Waals surface area contributed by atoms with Crippen LogP contribution in [0, 0.1) is 5.92 Å². The van der Waals surface area contributed by atoms with Crippen LogP contribution in [0.25, 0.3) is 0 Å². The molecule has 18 heavy (non-hydrogen) atoms. The van der Waals surface area contributed by atoms with Gasteiger partial charge in [0.15, 0.2) is 0 Å². The van der Waals surface area contributed by atoms with E-state index in [2.05, 4.69) is 18.7 Å². The van der Waals surface area contributed by atoms with Gasteiger partial charge >= 0.3 is 12.1 Å². The number of likely N-dealkylation sites (tertiary alicyclic amines) is 1. The van der Waals surface area contributed by atoms with Crippen molar-refractivity contribution in [3.05, 3.63) is 0 Å². The fourth-order valence-electron chi connectivity index (χ4n) is 1.71. The van der Waals surface area contributed by atoms with Crippen LogP contribution in [0.1, 0.15) is 26.7 Å². The quantitative estimate of drug-likeness (QED) is 0.801. The smallest absolute Gasteiger partial charge is 0.475 e. The molecule has 4 nitrogen and oxygen atoms in total. The van der Waals surface area contributed by atoms with Gasteiger partial charge in [-0.05, 0) is 52.2 Å². The van der Waals surface area contributed by atoms with Gasteiger partial charge < -0.3 is 15.7 Å². The summed E-state index contributed by atoms with van der Waals surface area (Å²) in [5.41, 5.74) is 5.61. The van der Waals surface area contributed by atoms with E-state index >= 15 is 0 Å². The fourth-order valence-corrected chi connectivity index (χ4v) is 1.71. The van der Waals surface area contributed by atoms with Crippen molar-refractivity contribution in [1.29, 1.82) is 0 Å². The minimum Gasteiger partial charge on any atom is -0.475 e. The van der Waals surface area contributed by atoms with E-state index in [1.54, 1.807) is 0 Å². The Hall–Kier alpha value is -0.820. The van der Waals surface area contributed by atoms with Crippen LogP contribution in [0.2, 0.25) is 0 Å². The molecule has 1 aliphatic heterocycles. The second-order valence-corrected chi connectivity index (χ2v) is 4.61. The normalized spacial score (nSPS) is 18.4. The third-order valence-electron chi connectivity index (χ3n) is 2.96. The lowest BCUT2D eigenvalue weighted by atomic mass is 9.96. The van der Waals surface area contributed by atoms with E-state index in [1.807, 2.05) is 0 Å². The molecule has 1 rings (SSSR count). The van der Waals surface area contributed by atoms with Crippen LogP contribution in [0.5, 0.6) is 0 Å². The van der Waals surface area contributed by atoms with Gasteiger partial charge in [0.1, 0.15) is 0 Å². The first-order valence-corrected chi connectivity index (χ1v) is 5.92. The molecule has 0 aromatic rings. The molecule has 0 saturated carbocycles. The number of piperidine rings is 1. The molecule has 0 unspecified atom stereocenters. The van der Waals surface area contributed by atoms with E-state index in [9.17, 15) is 13.2 Å². The molecule has 7 heteroatoms. The highest BCUT2D eigenvalue weighted by atomic mass is 19.4. The summed E-state index contributed by atoms with van der Waals surface area (Å²) >= 11 is 0. The summed E-state index contributed by atoms with van der Waals surface area (Å²) in [4.78, 5) is 11.4. The Morgan fingerprint density at radius 3 is 2.00 bits per heavy atom. The molecule has 0 aromatic carbocycles. The number of rotatable bonds is 2. The minimum atomic E-state index is -5.08. The molecule has 3 N–H and O–H groups in total. The molecule has 1 fully saturated rings. The Morgan fingerprint density at radius 2 is 1.78 bits per heavy atom. The summed E-state index contributed by atoms with van der Waals surface area (Å²) in [6.45, 7) is 7.91. The number of nitrogens with zero attached hydrogens (tertiary/aromatic N) is 1. The molecule has 0 bridgehead atoms. The van der Waals surface area contributed by atoms with Crippen LogP contribution in [-0.2, 0) is 4.79 Å². The number of aliphatic carboxylic acids is 1. The summed E-state index contributed by atoms with van der Waals surface area (Å²) < 4.78 is 31.7. The van der Waals surface area contributed by atoms with Gasteiger partial charge in [0, 0.05) is 6.04 Å². The van der Waals surface area contributed by atoms with Crippen molar-refractivity contribution in [3.63, 3.8) is 0 Å². The van der Waals surface area contributed by atoms with Crippen LogP contribution in [0.4, 0.5) is 13.2 Å². The van der Waals surface area contributed by atoms with E-state index in [4.69, 9.17) is 15.6 Å². The lowest BCUT2D eigenvalue weighted by Crippen LogP contribution is -2.40. The van der Waals surface area contributed by atoms with Crippen LogP contribution >= 0.6 is 0 Å². The first-order chi connectivity index (χ1) is 8.18. The van der Waals surface area contributed by atoms with Crippen molar-refractivity contribution in [2.45, 2.75) is 38.9 Å². The average Bonchev–Trinajstić information content (AvgIpc) is 2.28. The summed E-state index contributed by atoms with van der Waals surface area (Å²) in [5.74, 6) is -1.96. The number of carboxylic acids is 1. The molecule has 1 heterocycles. The monoisotopic (exact) mass is 270 g/mol. The summed E-state index contributed by atoms with van der Waals surface area (Å²) in [6.07, 6.45) is -2.48. The molecule has 108 valence electrons. The maximum Gasteiger partial charge on any atom is 0.490 e. The molecule has 0 aliphatic carbocycles. The van der Waals surface area contributed by atoms with Crippen molar-refractivity contribution in [2.75, 3.05) is 19.6 Å². The number of carbonyl (C=O) groups is 1. The first kappa shape index (κ1) is 17.2. The maximum absolute atomic E-state index is 10.6. The summed E-state index contributed by atoms with van der Waals surface area (Å²) in [7, 11) is 0. The lowest BCUT2D eigenvalue weighted by Gasteiger charge is -2.34. The highest BCUT2D eigenvalue weighted by Gasteiger charge is 2.38. The van der Waals surface area contributed by atoms with Gasteiger partial charge in [0.25, 0.3) is 0 Å². The average molecular weight is 270 g/mol. The standard InChI is InChI=1S/C9H20N2.C2HF3O2/c1-8(2)11-5-3-9(7-10)4-6-11;3-2(4,5)1(6)7/h8-9H,3-7,10H2,1-2H3;(H,6,7). The van der Waals surface area contributed by atoms with Gasteiger partial charge in [-0.25, -0.2) is 4.79 Å². The molecule has 0 atom stereocenters. The number of alkyl halides is 3. The Kier molecular flexibility index (Phi) is 7.23. The molecular formula is C11H21F3N2O2. The van der Waals surface area contributed by atoms with Crippen LogP contribution in [-0.4, -0.2) is 47.8 Å². The fraction of sp³-hybridized carbons (Fsp3) is 0.909. The lowest BCUT2D eigenvalue weighted by molar-refractivity contribution is -0.192. The number of halogens is 3. The Balaban J connectivity index is 0.000000360. The number of carboxylic acid groups (broad SMARTS) is 1. The number of hydrogen-bond donors (Lipinski definition) is 2. The Morgan fingerprint density at radius 1 is 1.39 bits per heavy atom. The van der Waals surface area contributed by atoms with E-state index in [0.717, 1.165) is 12.5 Å². The van der Waals surface area contributed by atoms with Crippen LogP contribution < -0.4 is 5.73 Å². The zero-order valence-corrected chi connectivity index (χ0v) is 10.7. The van der Waals surface area contributed by atoms with E-state index in [0.29, 0.717) is 6.04 Å². The van der Waals surface area contributed by atoms with Gasteiger partial charge in [-0.2, -0.15) is 13.2 Å². The van der Waals surface area contributed by atoms with Crippen molar-refractivity contribution in [2.24, 2.45) is 11.7 Å². The van der Waals surface area contributed by atoms with Crippen molar-refractivity contribution < 1.29 is 23.1 Å². The summed E-state index contributed by atoms with van der Waals surface area (Å²) in [6, 6.07) is 0.716. The third kappa shape index (κ3) is 6.80. The Labute approximate surface area is 105 Å². The predicted octanol–water partition coefficient (Wildman–Crippen LogP) is 1.70. The van der Waals surface area contributed by atoms with Gasteiger partial charge in [-0.1, -0.05) is 0 Å². The molecule has 0 spiro atoms. The molecule has 0 amide bonds. The molecule has 1 aliphatic rings. The van der Waals surface area contributed by atoms with Gasteiger partial charge in [0.2, 0.25) is 0 Å². The van der Waals surface area contributed by atoms with Crippen LogP contribution in [0.15, 0.2) is 0 Å². The largest absolute Gasteiger partial charge is 0.490 e. The number of nitrogens with two attached hydrogens (primary N) is 1. The zero-order valence-electron chi connectivity index (χ0n) is 10.7. The van der Waals surface area contributed by atoms with E-state index in [1.165, 1.54) is 25.9 Å². The molecule has 0 radical (unpaired) electrons. The van der Waals surface area contributed by atoms with E-state index in [-0.39, 0.29) is 0 Å². The highest BCUT2D eigenvalue weighted by Crippen LogP contribution is 2.17. The third-order valence-corrected chi connectivity index (χ3v) is 2.96. The SMILES string of the molecule is CC(C)N1CCC(CN)CC1.O=C(O)C(F)(F)F. The zero-order chi connectivity index (χ0) is 14.3. The van der Waals surface area contributed by atoms with Gasteiger partial charge in [-0.3, -0.25) is 0 Å². The molecule has 1 saturated heterocycles. The van der Waals surface area contributed by atoms with Gasteiger partial charge in [-0.15, -0.1) is 0 Å². The van der Waals surface area contributed by atoms with Crippen LogP contribution in [0.3, 0.4) is 0 Å². The van der Waals surface area contributed by atoms with Crippen molar-refractivity contribution >= 4 is 5.97 Å². The molecule has 0 aromatic heterocycles. The van der Waals surface area contributed by atoms with Gasteiger partial charge in [0.05, 0.1) is 0 Å².